The van der Waals surface area contributed by atoms with Crippen molar-refractivity contribution in [1.82, 2.24) is 5.32 Å². The topological polar surface area (TPSA) is 66.5 Å². The van der Waals surface area contributed by atoms with Gasteiger partial charge in [-0.25, -0.2) is 8.42 Å². The number of anilines is 1. The number of sulfonamides is 1. The van der Waals surface area contributed by atoms with Crippen LogP contribution in [0.4, 0.5) is 18.9 Å². The predicted molar refractivity (Wildman–Crippen MR) is 101 cm³/mol. The predicted octanol–water partition coefficient (Wildman–Crippen LogP) is 3.66. The number of amides is 1. The maximum atomic E-state index is 12.9. The van der Waals surface area contributed by atoms with Gasteiger partial charge in [0.1, 0.15) is 6.54 Å². The third-order valence-corrected chi connectivity index (χ3v) is 5.24. The van der Waals surface area contributed by atoms with Crippen molar-refractivity contribution in [3.8, 4) is 0 Å². The third-order valence-electron chi connectivity index (χ3n) is 4.10. The molecule has 0 bridgehead atoms. The summed E-state index contributed by atoms with van der Waals surface area (Å²) in [7, 11) is -3.98. The molecule has 0 aromatic heterocycles. The van der Waals surface area contributed by atoms with Gasteiger partial charge in [-0.15, -0.1) is 0 Å². The van der Waals surface area contributed by atoms with Crippen LogP contribution in [0.5, 0.6) is 0 Å². The number of alkyl halides is 3. The summed E-state index contributed by atoms with van der Waals surface area (Å²) in [5, 5.41) is 2.67. The zero-order chi connectivity index (χ0) is 21.1. The van der Waals surface area contributed by atoms with Crippen molar-refractivity contribution < 1.29 is 26.4 Å². The first-order valence-corrected chi connectivity index (χ1v) is 10.2. The van der Waals surface area contributed by atoms with E-state index in [4.69, 9.17) is 0 Å². The Labute approximate surface area is 162 Å². The highest BCUT2D eigenvalue weighted by molar-refractivity contribution is 7.92. The average Bonchev–Trinajstić information content (AvgIpc) is 2.58. The average molecular weight is 414 g/mol. The fourth-order valence-corrected chi connectivity index (χ4v) is 3.44. The molecule has 28 heavy (non-hydrogen) atoms. The molecule has 9 heteroatoms. The standard InChI is InChI=1S/C19H21F3N2O3S/c1-13-7-9-15(10-8-13)14(2)23-18(25)12-24(28(3,26)27)17-6-4-5-16(11-17)19(20,21)22/h4-11,14H,12H2,1-3H3,(H,23,25)/t14-/m1/s1. The maximum absolute atomic E-state index is 12.9. The van der Waals surface area contributed by atoms with Crippen LogP contribution in [0.2, 0.25) is 0 Å². The van der Waals surface area contributed by atoms with E-state index in [2.05, 4.69) is 5.32 Å². The molecular formula is C19H21F3N2O3S. The molecule has 0 saturated carbocycles. The summed E-state index contributed by atoms with van der Waals surface area (Å²) in [6.07, 6.45) is -3.79. The number of aryl methyl sites for hydroxylation is 1. The van der Waals surface area contributed by atoms with Gasteiger partial charge in [0.2, 0.25) is 15.9 Å². The van der Waals surface area contributed by atoms with E-state index in [1.165, 1.54) is 6.07 Å². The second-order valence-electron chi connectivity index (χ2n) is 6.52. The fourth-order valence-electron chi connectivity index (χ4n) is 2.59. The lowest BCUT2D eigenvalue weighted by Crippen LogP contribution is -2.41. The number of hydrogen-bond acceptors (Lipinski definition) is 3. The minimum Gasteiger partial charge on any atom is -0.348 e. The first kappa shape index (κ1) is 21.7. The second-order valence-corrected chi connectivity index (χ2v) is 8.42. The van der Waals surface area contributed by atoms with Gasteiger partial charge >= 0.3 is 6.18 Å². The SMILES string of the molecule is Cc1ccc([C@@H](C)NC(=O)CN(c2cccc(C(F)(F)F)c2)S(C)(=O)=O)cc1. The molecular weight excluding hydrogens is 393 g/mol. The third kappa shape index (κ3) is 5.72. The smallest absolute Gasteiger partial charge is 0.348 e. The Hall–Kier alpha value is -2.55. The van der Waals surface area contributed by atoms with E-state index in [0.29, 0.717) is 10.4 Å². The molecule has 1 amide bonds. The van der Waals surface area contributed by atoms with Crippen molar-refractivity contribution >= 4 is 21.6 Å². The summed E-state index contributed by atoms with van der Waals surface area (Å²) in [5.41, 5.74) is 0.654. The number of hydrogen-bond donors (Lipinski definition) is 1. The normalized spacial score (nSPS) is 13.1. The molecule has 0 spiro atoms. The summed E-state index contributed by atoms with van der Waals surface area (Å²) in [5.74, 6) is -0.629. The molecule has 2 aromatic rings. The zero-order valence-electron chi connectivity index (χ0n) is 15.6. The van der Waals surface area contributed by atoms with Crippen LogP contribution in [0.15, 0.2) is 48.5 Å². The lowest BCUT2D eigenvalue weighted by atomic mass is 10.1. The van der Waals surface area contributed by atoms with Crippen molar-refractivity contribution in [2.45, 2.75) is 26.1 Å². The van der Waals surface area contributed by atoms with E-state index in [1.807, 2.05) is 31.2 Å². The number of carbonyl (C=O) groups excluding carboxylic acids is 1. The molecule has 0 saturated heterocycles. The zero-order valence-corrected chi connectivity index (χ0v) is 16.4. The lowest BCUT2D eigenvalue weighted by Gasteiger charge is -2.24. The quantitative estimate of drug-likeness (QED) is 0.785. The maximum Gasteiger partial charge on any atom is 0.416 e. The molecule has 5 nitrogen and oxygen atoms in total. The van der Waals surface area contributed by atoms with Gasteiger partial charge in [0.15, 0.2) is 0 Å². The van der Waals surface area contributed by atoms with Crippen LogP contribution in [-0.2, 0) is 21.0 Å². The summed E-state index contributed by atoms with van der Waals surface area (Å²) in [4.78, 5) is 12.4. The Morgan fingerprint density at radius 3 is 2.29 bits per heavy atom. The first-order valence-electron chi connectivity index (χ1n) is 8.39. The monoisotopic (exact) mass is 414 g/mol. The van der Waals surface area contributed by atoms with Gasteiger partial charge in [0.25, 0.3) is 0 Å². The van der Waals surface area contributed by atoms with E-state index in [1.54, 1.807) is 6.92 Å². The van der Waals surface area contributed by atoms with Crippen LogP contribution in [0, 0.1) is 6.92 Å². The number of halogens is 3. The molecule has 2 rings (SSSR count). The van der Waals surface area contributed by atoms with E-state index in [-0.39, 0.29) is 5.69 Å². The van der Waals surface area contributed by atoms with Crippen LogP contribution in [0.3, 0.4) is 0 Å². The van der Waals surface area contributed by atoms with E-state index < -0.39 is 40.3 Å². The summed E-state index contributed by atoms with van der Waals surface area (Å²) in [6.45, 7) is 3.03. The summed E-state index contributed by atoms with van der Waals surface area (Å²) in [6, 6.07) is 10.9. The number of carbonyl (C=O) groups is 1. The molecule has 0 fully saturated rings. The Kier molecular flexibility index (Phi) is 6.38. The highest BCUT2D eigenvalue weighted by Gasteiger charge is 2.32. The Morgan fingerprint density at radius 1 is 1.14 bits per heavy atom. The number of nitrogens with one attached hydrogen (secondary N) is 1. The van der Waals surface area contributed by atoms with Gasteiger partial charge in [0.05, 0.1) is 23.5 Å². The van der Waals surface area contributed by atoms with E-state index in [0.717, 1.165) is 29.5 Å². The van der Waals surface area contributed by atoms with Crippen molar-refractivity contribution in [2.75, 3.05) is 17.1 Å². The number of benzene rings is 2. The Balaban J connectivity index is 2.21. The van der Waals surface area contributed by atoms with E-state index >= 15 is 0 Å². The molecule has 0 radical (unpaired) electrons. The Bertz CT molecular complexity index is 942. The van der Waals surface area contributed by atoms with Crippen LogP contribution in [-0.4, -0.2) is 27.1 Å². The summed E-state index contributed by atoms with van der Waals surface area (Å²) < 4.78 is 63.6. The largest absolute Gasteiger partial charge is 0.416 e. The minimum absolute atomic E-state index is 0.226. The van der Waals surface area contributed by atoms with Gasteiger partial charge in [-0.2, -0.15) is 13.2 Å². The van der Waals surface area contributed by atoms with Crippen LogP contribution in [0.25, 0.3) is 0 Å². The van der Waals surface area contributed by atoms with Crippen molar-refractivity contribution in [3.63, 3.8) is 0 Å². The molecule has 2 aromatic carbocycles. The highest BCUT2D eigenvalue weighted by atomic mass is 32.2. The Morgan fingerprint density at radius 2 is 1.75 bits per heavy atom. The fraction of sp³-hybridized carbons (Fsp3) is 0.316. The van der Waals surface area contributed by atoms with Gasteiger partial charge in [0, 0.05) is 0 Å². The van der Waals surface area contributed by atoms with Gasteiger partial charge in [-0.1, -0.05) is 35.9 Å². The van der Waals surface area contributed by atoms with Crippen molar-refractivity contribution in [2.24, 2.45) is 0 Å². The molecule has 1 N–H and O–H groups in total. The van der Waals surface area contributed by atoms with Gasteiger partial charge in [-0.05, 0) is 37.6 Å². The molecule has 1 atom stereocenters. The summed E-state index contributed by atoms with van der Waals surface area (Å²) >= 11 is 0. The van der Waals surface area contributed by atoms with Crippen molar-refractivity contribution in [3.05, 3.63) is 65.2 Å². The lowest BCUT2D eigenvalue weighted by molar-refractivity contribution is -0.137. The highest BCUT2D eigenvalue weighted by Crippen LogP contribution is 2.32. The molecule has 0 aliphatic rings. The van der Waals surface area contributed by atoms with Gasteiger partial charge in [-0.3, -0.25) is 9.10 Å². The molecule has 0 unspecified atom stereocenters. The first-order chi connectivity index (χ1) is 12.9. The number of rotatable bonds is 6. The van der Waals surface area contributed by atoms with Crippen molar-refractivity contribution in [1.29, 1.82) is 0 Å². The number of nitrogens with zero attached hydrogens (tertiary/aromatic N) is 1. The van der Waals surface area contributed by atoms with E-state index in [9.17, 15) is 26.4 Å². The van der Waals surface area contributed by atoms with Crippen LogP contribution < -0.4 is 9.62 Å². The van der Waals surface area contributed by atoms with Crippen LogP contribution >= 0.6 is 0 Å². The molecule has 0 aliphatic carbocycles. The second kappa shape index (κ2) is 8.22. The van der Waals surface area contributed by atoms with Crippen LogP contribution in [0.1, 0.15) is 29.7 Å². The minimum atomic E-state index is -4.62. The van der Waals surface area contributed by atoms with Gasteiger partial charge < -0.3 is 5.32 Å². The molecule has 152 valence electrons. The molecule has 0 heterocycles. The molecule has 0 aliphatic heterocycles.